The van der Waals surface area contributed by atoms with Gasteiger partial charge in [-0.15, -0.1) is 5.10 Å². The molecule has 0 radical (unpaired) electrons. The van der Waals surface area contributed by atoms with Gasteiger partial charge in [-0.2, -0.15) is 4.52 Å². The van der Waals surface area contributed by atoms with Crippen molar-refractivity contribution in [1.82, 2.24) is 25.0 Å². The summed E-state index contributed by atoms with van der Waals surface area (Å²) in [5.74, 6) is 0.783. The summed E-state index contributed by atoms with van der Waals surface area (Å²) in [6.07, 6.45) is 7.27. The van der Waals surface area contributed by atoms with E-state index in [-0.39, 0.29) is 0 Å². The number of nitrogens with zero attached hydrogens (tertiary/aromatic N) is 5. The van der Waals surface area contributed by atoms with Crippen molar-refractivity contribution in [1.29, 1.82) is 0 Å². The van der Waals surface area contributed by atoms with E-state index in [1.54, 1.807) is 16.9 Å². The Kier molecular flexibility index (Phi) is 2.35. The molecule has 0 saturated heterocycles. The second-order valence-corrected chi connectivity index (χ2v) is 2.69. The smallest absolute Gasteiger partial charge is 0.199 e. The molecule has 6 nitrogen and oxygen atoms in total. The SMILES string of the molecule is C/C=C/CNc1cncc2nnnn12. The van der Waals surface area contributed by atoms with E-state index in [0.717, 1.165) is 12.4 Å². The standard InChI is InChI=1S/C8H10N6/c1-2-3-4-10-7-5-9-6-8-11-12-13-14(7)8/h2-3,5-6,10H,4H2,1H3/b3-2+. The Morgan fingerprint density at radius 1 is 1.50 bits per heavy atom. The van der Waals surface area contributed by atoms with E-state index in [4.69, 9.17) is 0 Å². The molecule has 6 heteroatoms. The third-order valence-corrected chi connectivity index (χ3v) is 1.75. The molecule has 0 aliphatic rings. The lowest BCUT2D eigenvalue weighted by Crippen LogP contribution is -2.05. The third-order valence-electron chi connectivity index (χ3n) is 1.75. The first-order chi connectivity index (χ1) is 6.92. The van der Waals surface area contributed by atoms with Crippen molar-refractivity contribution in [3.8, 4) is 0 Å². The topological polar surface area (TPSA) is 68.0 Å². The minimum Gasteiger partial charge on any atom is -0.365 e. The van der Waals surface area contributed by atoms with Gasteiger partial charge in [-0.25, -0.2) is 0 Å². The predicted molar refractivity (Wildman–Crippen MR) is 51.9 cm³/mol. The zero-order valence-corrected chi connectivity index (χ0v) is 7.75. The molecule has 0 bridgehead atoms. The zero-order valence-electron chi connectivity index (χ0n) is 7.75. The predicted octanol–water partition coefficient (Wildman–Crippen LogP) is 0.507. The summed E-state index contributed by atoms with van der Waals surface area (Å²) in [4.78, 5) is 4.01. The first-order valence-electron chi connectivity index (χ1n) is 4.29. The van der Waals surface area contributed by atoms with Gasteiger partial charge in [-0.3, -0.25) is 4.98 Å². The number of anilines is 1. The molecule has 0 amide bonds. The number of allylic oxidation sites excluding steroid dienone is 1. The van der Waals surface area contributed by atoms with E-state index in [0.29, 0.717) is 5.65 Å². The van der Waals surface area contributed by atoms with Crippen LogP contribution in [-0.2, 0) is 0 Å². The largest absolute Gasteiger partial charge is 0.365 e. The van der Waals surface area contributed by atoms with Gasteiger partial charge in [0.15, 0.2) is 11.5 Å². The Labute approximate surface area is 80.7 Å². The second kappa shape index (κ2) is 3.82. The second-order valence-electron chi connectivity index (χ2n) is 2.69. The maximum absolute atomic E-state index is 4.01. The van der Waals surface area contributed by atoms with Crippen LogP contribution >= 0.6 is 0 Å². The fourth-order valence-corrected chi connectivity index (χ4v) is 1.08. The molecule has 14 heavy (non-hydrogen) atoms. The summed E-state index contributed by atoms with van der Waals surface area (Å²) in [7, 11) is 0. The average molecular weight is 190 g/mol. The van der Waals surface area contributed by atoms with Crippen LogP contribution in [0, 0.1) is 0 Å². The van der Waals surface area contributed by atoms with Crippen LogP contribution in [0.4, 0.5) is 5.82 Å². The van der Waals surface area contributed by atoms with Gasteiger partial charge in [-0.1, -0.05) is 12.2 Å². The molecule has 0 unspecified atom stereocenters. The van der Waals surface area contributed by atoms with Gasteiger partial charge in [0.1, 0.15) is 0 Å². The van der Waals surface area contributed by atoms with Crippen LogP contribution in [-0.4, -0.2) is 31.6 Å². The summed E-state index contributed by atoms with van der Waals surface area (Å²) in [6.45, 7) is 2.70. The zero-order chi connectivity index (χ0) is 9.80. The van der Waals surface area contributed by atoms with Crippen molar-refractivity contribution >= 4 is 11.5 Å². The summed E-state index contributed by atoms with van der Waals surface area (Å²) in [6, 6.07) is 0. The minimum atomic E-state index is 0.635. The lowest BCUT2D eigenvalue weighted by atomic mass is 10.5. The van der Waals surface area contributed by atoms with E-state index < -0.39 is 0 Å². The molecule has 2 aromatic rings. The maximum atomic E-state index is 4.01. The van der Waals surface area contributed by atoms with Crippen LogP contribution in [0.1, 0.15) is 6.92 Å². The molecule has 0 aliphatic heterocycles. The van der Waals surface area contributed by atoms with Crippen molar-refractivity contribution in [3.63, 3.8) is 0 Å². The molecule has 2 heterocycles. The Balaban J connectivity index is 2.27. The summed E-state index contributed by atoms with van der Waals surface area (Å²) in [5.41, 5.74) is 0.635. The number of nitrogens with one attached hydrogen (secondary N) is 1. The van der Waals surface area contributed by atoms with Crippen LogP contribution < -0.4 is 5.32 Å². The average Bonchev–Trinajstić information content (AvgIpc) is 2.67. The number of hydrogen-bond acceptors (Lipinski definition) is 5. The number of fused-ring (bicyclic) bond motifs is 1. The molecule has 1 N–H and O–H groups in total. The van der Waals surface area contributed by atoms with E-state index >= 15 is 0 Å². The molecule has 2 rings (SSSR count). The molecule has 0 aliphatic carbocycles. The first-order valence-corrected chi connectivity index (χ1v) is 4.29. The fraction of sp³-hybridized carbons (Fsp3) is 0.250. The molecule has 0 saturated carbocycles. The molecular weight excluding hydrogens is 180 g/mol. The van der Waals surface area contributed by atoms with Crippen LogP contribution in [0.5, 0.6) is 0 Å². The van der Waals surface area contributed by atoms with Crippen LogP contribution in [0.3, 0.4) is 0 Å². The number of rotatable bonds is 3. The molecule has 72 valence electrons. The van der Waals surface area contributed by atoms with Crippen molar-refractivity contribution in [2.24, 2.45) is 0 Å². The summed E-state index contributed by atoms with van der Waals surface area (Å²) >= 11 is 0. The van der Waals surface area contributed by atoms with Crippen molar-refractivity contribution in [2.75, 3.05) is 11.9 Å². The highest BCUT2D eigenvalue weighted by Gasteiger charge is 2.01. The van der Waals surface area contributed by atoms with Gasteiger partial charge >= 0.3 is 0 Å². The highest BCUT2D eigenvalue weighted by Crippen LogP contribution is 2.04. The van der Waals surface area contributed by atoms with E-state index in [1.807, 2.05) is 19.1 Å². The number of hydrogen-bond donors (Lipinski definition) is 1. The van der Waals surface area contributed by atoms with Gasteiger partial charge < -0.3 is 5.32 Å². The maximum Gasteiger partial charge on any atom is 0.199 e. The monoisotopic (exact) mass is 190 g/mol. The van der Waals surface area contributed by atoms with Crippen molar-refractivity contribution in [3.05, 3.63) is 24.5 Å². The van der Waals surface area contributed by atoms with Gasteiger partial charge in [0, 0.05) is 6.54 Å². The van der Waals surface area contributed by atoms with E-state index in [1.165, 1.54) is 0 Å². The first kappa shape index (κ1) is 8.61. The Morgan fingerprint density at radius 3 is 3.29 bits per heavy atom. The van der Waals surface area contributed by atoms with Crippen LogP contribution in [0.2, 0.25) is 0 Å². The van der Waals surface area contributed by atoms with Crippen molar-refractivity contribution < 1.29 is 0 Å². The number of tetrazole rings is 1. The lowest BCUT2D eigenvalue weighted by Gasteiger charge is -2.02. The van der Waals surface area contributed by atoms with E-state index in [9.17, 15) is 0 Å². The Morgan fingerprint density at radius 2 is 2.43 bits per heavy atom. The molecular formula is C8H10N6. The highest BCUT2D eigenvalue weighted by molar-refractivity contribution is 5.43. The number of aromatic nitrogens is 5. The van der Waals surface area contributed by atoms with Gasteiger partial charge in [0.2, 0.25) is 0 Å². The third kappa shape index (κ3) is 1.54. The molecule has 0 spiro atoms. The molecule has 0 fully saturated rings. The minimum absolute atomic E-state index is 0.635. The molecule has 0 atom stereocenters. The van der Waals surface area contributed by atoms with E-state index in [2.05, 4.69) is 25.8 Å². The van der Waals surface area contributed by atoms with Gasteiger partial charge in [-0.05, 0) is 17.4 Å². The van der Waals surface area contributed by atoms with Gasteiger partial charge in [0.05, 0.1) is 12.4 Å². The van der Waals surface area contributed by atoms with Crippen molar-refractivity contribution in [2.45, 2.75) is 6.92 Å². The molecule has 2 aromatic heterocycles. The summed E-state index contributed by atoms with van der Waals surface area (Å²) in [5, 5.41) is 14.3. The van der Waals surface area contributed by atoms with Gasteiger partial charge in [0.25, 0.3) is 0 Å². The highest BCUT2D eigenvalue weighted by atomic mass is 15.5. The fourth-order valence-electron chi connectivity index (χ4n) is 1.08. The Hall–Kier alpha value is -1.98. The quantitative estimate of drug-likeness (QED) is 0.714. The molecule has 0 aromatic carbocycles. The lowest BCUT2D eigenvalue weighted by molar-refractivity contribution is 0.822. The van der Waals surface area contributed by atoms with Crippen LogP contribution in [0.15, 0.2) is 24.5 Å². The summed E-state index contributed by atoms with van der Waals surface area (Å²) < 4.78 is 1.61. The normalized spacial score (nSPS) is 11.2. The Bertz CT molecular complexity index is 446. The van der Waals surface area contributed by atoms with Crippen LogP contribution in [0.25, 0.3) is 5.65 Å².